The van der Waals surface area contributed by atoms with Crippen molar-refractivity contribution in [3.05, 3.63) is 243 Å². The van der Waals surface area contributed by atoms with Crippen LogP contribution in [0, 0.1) is 0 Å². The van der Waals surface area contributed by atoms with Crippen molar-refractivity contribution >= 4 is 82.4 Å². The molecular formula is C62H40N2O. The predicted molar refractivity (Wildman–Crippen MR) is 274 cm³/mol. The minimum Gasteiger partial charge on any atom is -0.455 e. The Bertz CT molecular complexity index is 3910. The molecule has 65 heavy (non-hydrogen) atoms. The van der Waals surface area contributed by atoms with Gasteiger partial charge in [-0.25, -0.2) is 0 Å². The van der Waals surface area contributed by atoms with E-state index < -0.39 is 0 Å². The van der Waals surface area contributed by atoms with Crippen LogP contribution in [0.2, 0.25) is 0 Å². The number of anilines is 3. The standard InChI is InChI=1S/C62H40N2O/c1-3-22-49-41(15-1)17-13-27-50(49)44-18-11-20-47(39-44)63(48-21-12-19-45(40-48)52-28-14-32-60-61(52)56-38-35-42-16-2-4-24-53(42)62(56)65-60)46-36-33-43(34-37-46)51-23-5-8-29-57(51)64-58-30-9-6-25-54(58)55-26-7-10-31-59(55)64/h1-40H. The summed E-state index contributed by atoms with van der Waals surface area (Å²) in [5, 5.41) is 9.51. The molecule has 3 nitrogen and oxygen atoms in total. The second-order valence-corrected chi connectivity index (χ2v) is 16.8. The predicted octanol–water partition coefficient (Wildman–Crippen LogP) is 17.5. The van der Waals surface area contributed by atoms with E-state index in [0.29, 0.717) is 0 Å². The average Bonchev–Trinajstić information content (AvgIpc) is 3.93. The lowest BCUT2D eigenvalue weighted by molar-refractivity contribution is 0.673. The second-order valence-electron chi connectivity index (χ2n) is 16.8. The van der Waals surface area contributed by atoms with Crippen LogP contribution in [0.25, 0.3) is 104 Å². The fourth-order valence-electron chi connectivity index (χ4n) is 10.2. The lowest BCUT2D eigenvalue weighted by Gasteiger charge is -2.27. The summed E-state index contributed by atoms with van der Waals surface area (Å²) in [6, 6.07) is 87.7. The van der Waals surface area contributed by atoms with Crippen molar-refractivity contribution in [3.63, 3.8) is 0 Å². The molecule has 0 saturated heterocycles. The fourth-order valence-corrected chi connectivity index (χ4v) is 10.2. The van der Waals surface area contributed by atoms with Gasteiger partial charge >= 0.3 is 0 Å². The van der Waals surface area contributed by atoms with Crippen molar-refractivity contribution in [2.24, 2.45) is 0 Å². The van der Waals surface area contributed by atoms with Crippen molar-refractivity contribution in [3.8, 4) is 39.1 Å². The van der Waals surface area contributed by atoms with Gasteiger partial charge in [0, 0.05) is 49.6 Å². The summed E-state index contributed by atoms with van der Waals surface area (Å²) in [7, 11) is 0. The van der Waals surface area contributed by atoms with Crippen LogP contribution in [-0.4, -0.2) is 4.57 Å². The van der Waals surface area contributed by atoms with Crippen LogP contribution < -0.4 is 4.90 Å². The Balaban J connectivity index is 0.970. The maximum Gasteiger partial charge on any atom is 0.143 e. The molecule has 0 amide bonds. The molecule has 0 atom stereocenters. The summed E-state index contributed by atoms with van der Waals surface area (Å²) in [6.45, 7) is 0. The Morgan fingerprint density at radius 2 is 0.862 bits per heavy atom. The molecule has 0 radical (unpaired) electrons. The highest BCUT2D eigenvalue weighted by molar-refractivity contribution is 6.19. The summed E-state index contributed by atoms with van der Waals surface area (Å²) in [5.74, 6) is 0. The number of para-hydroxylation sites is 3. The van der Waals surface area contributed by atoms with Crippen LogP contribution >= 0.6 is 0 Å². The maximum absolute atomic E-state index is 6.64. The average molecular weight is 829 g/mol. The van der Waals surface area contributed by atoms with Crippen LogP contribution in [0.15, 0.2) is 247 Å². The number of hydrogen-bond acceptors (Lipinski definition) is 2. The van der Waals surface area contributed by atoms with Gasteiger partial charge in [-0.2, -0.15) is 0 Å². The van der Waals surface area contributed by atoms with E-state index in [1.807, 2.05) is 0 Å². The molecule has 2 heterocycles. The van der Waals surface area contributed by atoms with Crippen LogP contribution in [0.4, 0.5) is 17.1 Å². The first-order valence-corrected chi connectivity index (χ1v) is 22.2. The van der Waals surface area contributed by atoms with Gasteiger partial charge in [0.25, 0.3) is 0 Å². The molecule has 3 heteroatoms. The van der Waals surface area contributed by atoms with Crippen molar-refractivity contribution in [1.82, 2.24) is 4.57 Å². The lowest BCUT2D eigenvalue weighted by Crippen LogP contribution is -2.10. The smallest absolute Gasteiger partial charge is 0.143 e. The zero-order chi connectivity index (χ0) is 42.8. The maximum atomic E-state index is 6.64. The van der Waals surface area contributed by atoms with Crippen LogP contribution in [0.1, 0.15) is 0 Å². The Kier molecular flexibility index (Phi) is 8.53. The van der Waals surface area contributed by atoms with E-state index in [2.05, 4.69) is 252 Å². The highest BCUT2D eigenvalue weighted by Gasteiger charge is 2.20. The molecule has 0 aliphatic heterocycles. The zero-order valence-electron chi connectivity index (χ0n) is 35.4. The van der Waals surface area contributed by atoms with E-state index in [0.717, 1.165) is 66.8 Å². The van der Waals surface area contributed by atoms with E-state index >= 15 is 0 Å². The first-order valence-electron chi connectivity index (χ1n) is 22.2. The Morgan fingerprint density at radius 3 is 1.60 bits per heavy atom. The molecule has 11 aromatic carbocycles. The first-order chi connectivity index (χ1) is 32.2. The van der Waals surface area contributed by atoms with Crippen molar-refractivity contribution in [2.75, 3.05) is 4.90 Å². The molecule has 13 rings (SSSR count). The van der Waals surface area contributed by atoms with Gasteiger partial charge in [0.15, 0.2) is 0 Å². The minimum absolute atomic E-state index is 0.885. The third-order valence-corrected chi connectivity index (χ3v) is 13.2. The van der Waals surface area contributed by atoms with Crippen LogP contribution in [0.3, 0.4) is 0 Å². The van der Waals surface area contributed by atoms with E-state index in [1.54, 1.807) is 0 Å². The number of furan rings is 1. The molecule has 0 aliphatic carbocycles. The Labute approximate surface area is 376 Å². The van der Waals surface area contributed by atoms with Crippen molar-refractivity contribution in [1.29, 1.82) is 0 Å². The van der Waals surface area contributed by atoms with Gasteiger partial charge < -0.3 is 13.9 Å². The summed E-state index contributed by atoms with van der Waals surface area (Å²) in [5.41, 5.74) is 15.5. The molecule has 0 spiro atoms. The minimum atomic E-state index is 0.885. The topological polar surface area (TPSA) is 21.3 Å². The fraction of sp³-hybridized carbons (Fsp3) is 0. The number of rotatable bonds is 7. The highest BCUT2D eigenvalue weighted by atomic mass is 16.3. The van der Waals surface area contributed by atoms with E-state index in [1.165, 1.54) is 54.7 Å². The van der Waals surface area contributed by atoms with Gasteiger partial charge in [0.1, 0.15) is 11.2 Å². The third kappa shape index (κ3) is 6.05. The monoisotopic (exact) mass is 828 g/mol. The quantitative estimate of drug-likeness (QED) is 0.160. The van der Waals surface area contributed by atoms with Crippen LogP contribution in [-0.2, 0) is 0 Å². The number of fused-ring (bicyclic) bond motifs is 9. The molecule has 2 aromatic heterocycles. The molecule has 0 aliphatic rings. The summed E-state index contributed by atoms with van der Waals surface area (Å²) < 4.78 is 9.05. The van der Waals surface area contributed by atoms with Gasteiger partial charge in [-0.1, -0.05) is 176 Å². The lowest BCUT2D eigenvalue weighted by atomic mass is 9.96. The molecule has 0 fully saturated rings. The third-order valence-electron chi connectivity index (χ3n) is 13.2. The molecule has 0 unspecified atom stereocenters. The normalized spacial score (nSPS) is 11.7. The molecule has 0 N–H and O–H groups in total. The van der Waals surface area contributed by atoms with E-state index in [9.17, 15) is 0 Å². The number of nitrogens with zero attached hydrogens (tertiary/aromatic N) is 2. The summed E-state index contributed by atoms with van der Waals surface area (Å²) in [6.07, 6.45) is 0. The Morgan fingerprint density at radius 1 is 0.323 bits per heavy atom. The number of hydrogen-bond donors (Lipinski definition) is 0. The molecule has 304 valence electrons. The van der Waals surface area contributed by atoms with Gasteiger partial charge in [-0.3, -0.25) is 0 Å². The van der Waals surface area contributed by atoms with E-state index in [-0.39, 0.29) is 0 Å². The number of benzene rings is 11. The molecule has 0 bridgehead atoms. The van der Waals surface area contributed by atoms with Crippen molar-refractivity contribution in [2.45, 2.75) is 0 Å². The summed E-state index contributed by atoms with van der Waals surface area (Å²) in [4.78, 5) is 2.39. The van der Waals surface area contributed by atoms with Crippen molar-refractivity contribution < 1.29 is 4.42 Å². The molecule has 13 aromatic rings. The van der Waals surface area contributed by atoms with Gasteiger partial charge in [-0.15, -0.1) is 0 Å². The zero-order valence-corrected chi connectivity index (χ0v) is 35.4. The van der Waals surface area contributed by atoms with Gasteiger partial charge in [0.2, 0.25) is 0 Å². The highest BCUT2D eigenvalue weighted by Crippen LogP contribution is 2.44. The Hall–Kier alpha value is -8.66. The largest absolute Gasteiger partial charge is 0.455 e. The summed E-state index contributed by atoms with van der Waals surface area (Å²) >= 11 is 0. The van der Waals surface area contributed by atoms with E-state index in [4.69, 9.17) is 4.42 Å². The SMILES string of the molecule is c1cc(-c2cccc3ccccc23)cc(N(c2ccc(-c3ccccc3-n3c4ccccc4c4ccccc43)cc2)c2cccc(-c3cccc4oc5c6ccccc6ccc5c34)c2)c1. The number of aromatic nitrogens is 1. The van der Waals surface area contributed by atoms with Gasteiger partial charge in [-0.05, 0) is 111 Å². The van der Waals surface area contributed by atoms with Gasteiger partial charge in [0.05, 0.1) is 16.7 Å². The first kappa shape index (κ1) is 36.9. The molecular weight excluding hydrogens is 789 g/mol. The van der Waals surface area contributed by atoms with Crippen LogP contribution in [0.5, 0.6) is 0 Å². The molecule has 0 saturated carbocycles. The second kappa shape index (κ2) is 15.0.